The first kappa shape index (κ1) is 16.1. The highest BCUT2D eigenvalue weighted by Gasteiger charge is 2.24. The summed E-state index contributed by atoms with van der Waals surface area (Å²) < 4.78 is 28.6. The third-order valence-electron chi connectivity index (χ3n) is 3.89. The van der Waals surface area contributed by atoms with Gasteiger partial charge in [-0.2, -0.15) is 8.78 Å². The smallest absolute Gasteiger partial charge is 0.387 e. The summed E-state index contributed by atoms with van der Waals surface area (Å²) >= 11 is 1.76. The SMILES string of the molecule is FC(F)Oc1ccc(NCC(c2cccs2)N2CCCC2)nc1. The molecule has 0 aliphatic carbocycles. The number of hydrogen-bond acceptors (Lipinski definition) is 5. The molecule has 0 radical (unpaired) electrons. The normalized spacial score (nSPS) is 16.7. The van der Waals surface area contributed by atoms with Crippen molar-refractivity contribution in [2.24, 2.45) is 0 Å². The Balaban J connectivity index is 1.62. The average molecular weight is 339 g/mol. The first-order chi connectivity index (χ1) is 11.2. The molecular formula is C16H19F2N3OS. The summed E-state index contributed by atoms with van der Waals surface area (Å²) in [4.78, 5) is 7.94. The van der Waals surface area contributed by atoms with E-state index in [1.807, 2.05) is 0 Å². The molecule has 1 saturated heterocycles. The van der Waals surface area contributed by atoms with E-state index in [9.17, 15) is 8.78 Å². The van der Waals surface area contributed by atoms with Crippen LogP contribution < -0.4 is 10.1 Å². The van der Waals surface area contributed by atoms with E-state index < -0.39 is 6.61 Å². The van der Waals surface area contributed by atoms with Crippen LogP contribution in [0.4, 0.5) is 14.6 Å². The van der Waals surface area contributed by atoms with Gasteiger partial charge < -0.3 is 10.1 Å². The summed E-state index contributed by atoms with van der Waals surface area (Å²) in [6.45, 7) is 0.134. The lowest BCUT2D eigenvalue weighted by molar-refractivity contribution is -0.0500. The van der Waals surface area contributed by atoms with Crippen LogP contribution in [0.5, 0.6) is 5.75 Å². The van der Waals surface area contributed by atoms with E-state index in [1.54, 1.807) is 17.4 Å². The molecule has 1 N–H and O–H groups in total. The Morgan fingerprint density at radius 1 is 1.26 bits per heavy atom. The fourth-order valence-electron chi connectivity index (χ4n) is 2.80. The van der Waals surface area contributed by atoms with Crippen LogP contribution in [0, 0.1) is 0 Å². The van der Waals surface area contributed by atoms with Crippen LogP contribution in [0.15, 0.2) is 35.8 Å². The summed E-state index contributed by atoms with van der Waals surface area (Å²) in [6.07, 6.45) is 3.78. The summed E-state index contributed by atoms with van der Waals surface area (Å²) in [5.74, 6) is 0.729. The van der Waals surface area contributed by atoms with Gasteiger partial charge in [-0.15, -0.1) is 11.3 Å². The Morgan fingerprint density at radius 2 is 2.09 bits per heavy atom. The Labute approximate surface area is 138 Å². The minimum Gasteiger partial charge on any atom is -0.433 e. The average Bonchev–Trinajstić information content (AvgIpc) is 3.22. The predicted octanol–water partition coefficient (Wildman–Crippen LogP) is 3.99. The number of nitrogens with one attached hydrogen (secondary N) is 1. The number of nitrogens with zero attached hydrogens (tertiary/aromatic N) is 2. The molecule has 1 atom stereocenters. The first-order valence-electron chi connectivity index (χ1n) is 7.64. The van der Waals surface area contributed by atoms with Crippen molar-refractivity contribution >= 4 is 17.2 Å². The van der Waals surface area contributed by atoms with Crippen LogP contribution in [0.2, 0.25) is 0 Å². The quantitative estimate of drug-likeness (QED) is 0.827. The Bertz CT molecular complexity index is 586. The van der Waals surface area contributed by atoms with Crippen molar-refractivity contribution in [2.75, 3.05) is 25.0 Å². The van der Waals surface area contributed by atoms with Crippen LogP contribution in [-0.2, 0) is 0 Å². The summed E-state index contributed by atoms with van der Waals surface area (Å²) in [6, 6.07) is 7.70. The zero-order valence-electron chi connectivity index (χ0n) is 12.6. The van der Waals surface area contributed by atoms with E-state index >= 15 is 0 Å². The lowest BCUT2D eigenvalue weighted by Gasteiger charge is -2.27. The summed E-state index contributed by atoms with van der Waals surface area (Å²) in [5.41, 5.74) is 0. The van der Waals surface area contributed by atoms with Gasteiger partial charge in [0.25, 0.3) is 0 Å². The molecule has 23 heavy (non-hydrogen) atoms. The van der Waals surface area contributed by atoms with E-state index in [2.05, 4.69) is 37.5 Å². The molecule has 7 heteroatoms. The number of hydrogen-bond donors (Lipinski definition) is 1. The summed E-state index contributed by atoms with van der Waals surface area (Å²) in [5, 5.41) is 5.39. The predicted molar refractivity (Wildman–Crippen MR) is 87.2 cm³/mol. The van der Waals surface area contributed by atoms with Gasteiger partial charge >= 0.3 is 6.61 Å². The molecule has 4 nitrogen and oxygen atoms in total. The maximum absolute atomic E-state index is 12.1. The number of thiophene rings is 1. The number of anilines is 1. The van der Waals surface area contributed by atoms with Crippen LogP contribution >= 0.6 is 11.3 Å². The van der Waals surface area contributed by atoms with E-state index in [1.165, 1.54) is 30.0 Å². The fourth-order valence-corrected chi connectivity index (χ4v) is 3.66. The Kier molecular flexibility index (Phi) is 5.40. The highest BCUT2D eigenvalue weighted by Crippen LogP contribution is 2.28. The molecule has 1 fully saturated rings. The van der Waals surface area contributed by atoms with Crippen molar-refractivity contribution in [1.29, 1.82) is 0 Å². The lowest BCUT2D eigenvalue weighted by atomic mass is 10.2. The molecule has 0 amide bonds. The highest BCUT2D eigenvalue weighted by molar-refractivity contribution is 7.10. The van der Waals surface area contributed by atoms with E-state index in [4.69, 9.17) is 0 Å². The maximum Gasteiger partial charge on any atom is 0.387 e. The number of rotatable bonds is 7. The van der Waals surface area contributed by atoms with Crippen molar-refractivity contribution < 1.29 is 13.5 Å². The van der Waals surface area contributed by atoms with Crippen molar-refractivity contribution in [2.45, 2.75) is 25.5 Å². The number of ether oxygens (including phenoxy) is 1. The van der Waals surface area contributed by atoms with Gasteiger partial charge in [-0.3, -0.25) is 4.90 Å². The van der Waals surface area contributed by atoms with Crippen molar-refractivity contribution in [3.8, 4) is 5.75 Å². The van der Waals surface area contributed by atoms with Gasteiger partial charge in [-0.05, 0) is 49.5 Å². The van der Waals surface area contributed by atoms with Crippen molar-refractivity contribution in [1.82, 2.24) is 9.88 Å². The van der Waals surface area contributed by atoms with E-state index in [-0.39, 0.29) is 5.75 Å². The molecule has 3 heterocycles. The van der Waals surface area contributed by atoms with Gasteiger partial charge in [-0.1, -0.05) is 6.07 Å². The number of halogens is 2. The minimum atomic E-state index is -2.83. The second kappa shape index (κ2) is 7.70. The van der Waals surface area contributed by atoms with E-state index in [0.717, 1.165) is 19.6 Å². The molecule has 0 spiro atoms. The molecule has 0 bridgehead atoms. The molecule has 0 saturated carbocycles. The Morgan fingerprint density at radius 3 is 2.70 bits per heavy atom. The standard InChI is InChI=1S/C16H19F2N3OS/c17-16(18)22-12-5-6-15(19-10-12)20-11-13(14-4-3-9-23-14)21-7-1-2-8-21/h3-6,9-10,13,16H,1-2,7-8,11H2,(H,19,20). The van der Waals surface area contributed by atoms with Crippen LogP contribution in [0.25, 0.3) is 0 Å². The number of alkyl halides is 2. The zero-order chi connectivity index (χ0) is 16.1. The molecule has 2 aromatic rings. The summed E-state index contributed by atoms with van der Waals surface area (Å²) in [7, 11) is 0. The van der Waals surface area contributed by atoms with Crippen molar-refractivity contribution in [3.05, 3.63) is 40.7 Å². The van der Waals surface area contributed by atoms with Crippen LogP contribution in [-0.4, -0.2) is 36.1 Å². The minimum absolute atomic E-state index is 0.0694. The second-order valence-electron chi connectivity index (χ2n) is 5.41. The van der Waals surface area contributed by atoms with Crippen LogP contribution in [0.1, 0.15) is 23.8 Å². The first-order valence-corrected chi connectivity index (χ1v) is 8.52. The van der Waals surface area contributed by atoms with Gasteiger partial charge in [0.2, 0.25) is 0 Å². The third kappa shape index (κ3) is 4.39. The molecule has 124 valence electrons. The number of pyridine rings is 1. The van der Waals surface area contributed by atoms with Crippen molar-refractivity contribution in [3.63, 3.8) is 0 Å². The topological polar surface area (TPSA) is 37.4 Å². The molecule has 0 aromatic carbocycles. The molecule has 3 rings (SSSR count). The monoisotopic (exact) mass is 339 g/mol. The van der Waals surface area contributed by atoms with Gasteiger partial charge in [0.05, 0.1) is 12.2 Å². The van der Waals surface area contributed by atoms with Gasteiger partial charge in [-0.25, -0.2) is 4.98 Å². The number of aromatic nitrogens is 1. The van der Waals surface area contributed by atoms with Gasteiger partial charge in [0.15, 0.2) is 0 Å². The largest absolute Gasteiger partial charge is 0.433 e. The van der Waals surface area contributed by atoms with E-state index in [0.29, 0.717) is 11.9 Å². The molecule has 2 aromatic heterocycles. The second-order valence-corrected chi connectivity index (χ2v) is 6.39. The lowest BCUT2D eigenvalue weighted by Crippen LogP contribution is -2.30. The fraction of sp³-hybridized carbons (Fsp3) is 0.438. The maximum atomic E-state index is 12.1. The Hall–Kier alpha value is -1.73. The highest BCUT2D eigenvalue weighted by atomic mass is 32.1. The molecule has 1 unspecified atom stereocenters. The third-order valence-corrected chi connectivity index (χ3v) is 4.86. The zero-order valence-corrected chi connectivity index (χ0v) is 13.4. The molecule has 1 aliphatic heterocycles. The van der Waals surface area contributed by atoms with Gasteiger partial charge in [0.1, 0.15) is 11.6 Å². The molecular weight excluding hydrogens is 320 g/mol. The molecule has 1 aliphatic rings. The van der Waals surface area contributed by atoms with Crippen LogP contribution in [0.3, 0.4) is 0 Å². The number of likely N-dealkylation sites (tertiary alicyclic amines) is 1. The van der Waals surface area contributed by atoms with Gasteiger partial charge in [0, 0.05) is 11.4 Å².